The summed E-state index contributed by atoms with van der Waals surface area (Å²) in [7, 11) is 0. The van der Waals surface area contributed by atoms with E-state index in [4.69, 9.17) is 14.2 Å². The van der Waals surface area contributed by atoms with E-state index < -0.39 is 22.7 Å². The molecule has 0 aliphatic heterocycles. The molecule has 0 fully saturated rings. The Morgan fingerprint density at radius 1 is 1.24 bits per heavy atom. The molecule has 37 heavy (non-hydrogen) atoms. The summed E-state index contributed by atoms with van der Waals surface area (Å²) < 4.78 is 18.0. The maximum absolute atomic E-state index is 13.2. The van der Waals surface area contributed by atoms with Crippen LogP contribution in [0.2, 0.25) is 0 Å². The van der Waals surface area contributed by atoms with Crippen LogP contribution in [-0.4, -0.2) is 46.1 Å². The predicted molar refractivity (Wildman–Crippen MR) is 142 cm³/mol. The molecule has 0 saturated carbocycles. The number of esters is 1. The fourth-order valence-corrected chi connectivity index (χ4v) is 3.87. The van der Waals surface area contributed by atoms with Crippen LogP contribution in [0.3, 0.4) is 0 Å². The third-order valence-electron chi connectivity index (χ3n) is 5.14. The van der Waals surface area contributed by atoms with E-state index in [1.807, 2.05) is 6.92 Å². The average molecular weight is 575 g/mol. The minimum atomic E-state index is -1.10. The van der Waals surface area contributed by atoms with Gasteiger partial charge in [0.1, 0.15) is 5.82 Å². The topological polar surface area (TPSA) is 135 Å². The van der Waals surface area contributed by atoms with Gasteiger partial charge >= 0.3 is 11.7 Å². The number of benzene rings is 2. The van der Waals surface area contributed by atoms with Crippen molar-refractivity contribution in [3.05, 3.63) is 66.7 Å². The number of ether oxygens (including phenoxy) is 3. The first-order chi connectivity index (χ1) is 17.7. The largest absolute Gasteiger partial charge is 0.490 e. The molecule has 2 aromatic carbocycles. The van der Waals surface area contributed by atoms with E-state index in [-0.39, 0.29) is 35.8 Å². The summed E-state index contributed by atoms with van der Waals surface area (Å²) in [6.45, 7) is 7.07. The average Bonchev–Trinajstić information content (AvgIpc) is 2.85. The van der Waals surface area contributed by atoms with Gasteiger partial charge in [0.15, 0.2) is 11.9 Å². The molecule has 0 N–H and O–H groups in total. The third-order valence-corrected chi connectivity index (χ3v) is 5.63. The highest BCUT2D eigenvalue weighted by Gasteiger charge is 2.27. The molecule has 0 amide bonds. The van der Waals surface area contributed by atoms with Crippen LogP contribution >= 0.6 is 15.9 Å². The van der Waals surface area contributed by atoms with Gasteiger partial charge in [0.2, 0.25) is 5.75 Å². The standard InChI is InChI=1S/C25H27BrN4O7/c1-5-8-22-28-19-10-9-17(26)13-18(19)24(31)29(22)27-14-16-11-20(30(33)34)23(21(12-16)35-6-2)37-15(4)25(32)36-7-3/h9-15H,5-8H2,1-4H3/t15-/m0/s1. The number of hydrogen-bond acceptors (Lipinski definition) is 9. The second-order valence-corrected chi connectivity index (χ2v) is 8.79. The van der Waals surface area contributed by atoms with E-state index >= 15 is 0 Å². The fraction of sp³-hybridized carbons (Fsp3) is 0.360. The zero-order valence-electron chi connectivity index (χ0n) is 20.9. The van der Waals surface area contributed by atoms with Crippen molar-refractivity contribution >= 4 is 44.7 Å². The smallest absolute Gasteiger partial charge is 0.347 e. The summed E-state index contributed by atoms with van der Waals surface area (Å²) in [5.74, 6) is -0.355. The summed E-state index contributed by atoms with van der Waals surface area (Å²) in [6, 6.07) is 7.94. The van der Waals surface area contributed by atoms with Crippen LogP contribution in [0, 0.1) is 10.1 Å². The van der Waals surface area contributed by atoms with Gasteiger partial charge in [-0.3, -0.25) is 14.9 Å². The maximum atomic E-state index is 13.2. The highest BCUT2D eigenvalue weighted by molar-refractivity contribution is 9.10. The van der Waals surface area contributed by atoms with Crippen molar-refractivity contribution in [3.8, 4) is 11.5 Å². The van der Waals surface area contributed by atoms with Gasteiger partial charge in [0, 0.05) is 22.5 Å². The van der Waals surface area contributed by atoms with Crippen molar-refractivity contribution < 1.29 is 23.9 Å². The lowest BCUT2D eigenvalue weighted by molar-refractivity contribution is -0.386. The zero-order chi connectivity index (χ0) is 27.1. The summed E-state index contributed by atoms with van der Waals surface area (Å²) in [5, 5.41) is 16.6. The lowest BCUT2D eigenvalue weighted by atomic mass is 10.1. The number of aromatic nitrogens is 2. The number of aryl methyl sites for hydroxylation is 1. The van der Waals surface area contributed by atoms with E-state index in [1.54, 1.807) is 32.0 Å². The van der Waals surface area contributed by atoms with E-state index in [1.165, 1.54) is 29.9 Å². The van der Waals surface area contributed by atoms with Gasteiger partial charge in [-0.2, -0.15) is 9.78 Å². The first kappa shape index (κ1) is 27.8. The molecular formula is C25H27BrN4O7. The molecule has 0 unspecified atom stereocenters. The number of rotatable bonds is 11. The van der Waals surface area contributed by atoms with Crippen LogP contribution in [0.25, 0.3) is 10.9 Å². The van der Waals surface area contributed by atoms with Gasteiger partial charge in [-0.05, 0) is 51.5 Å². The highest BCUT2D eigenvalue weighted by Crippen LogP contribution is 2.39. The number of nitro groups is 1. The number of halogens is 1. The first-order valence-corrected chi connectivity index (χ1v) is 12.5. The van der Waals surface area contributed by atoms with Crippen LogP contribution in [0.5, 0.6) is 11.5 Å². The molecule has 0 aliphatic carbocycles. The Labute approximate surface area is 221 Å². The monoisotopic (exact) mass is 574 g/mol. The van der Waals surface area contributed by atoms with Gasteiger partial charge in [-0.25, -0.2) is 9.78 Å². The molecule has 3 rings (SSSR count). The molecule has 196 valence electrons. The highest BCUT2D eigenvalue weighted by atomic mass is 79.9. The molecule has 0 saturated heterocycles. The zero-order valence-corrected chi connectivity index (χ0v) is 22.5. The molecule has 11 nitrogen and oxygen atoms in total. The van der Waals surface area contributed by atoms with Crippen LogP contribution in [0.1, 0.15) is 45.5 Å². The van der Waals surface area contributed by atoms with Crippen molar-refractivity contribution in [2.75, 3.05) is 13.2 Å². The van der Waals surface area contributed by atoms with Gasteiger partial charge in [0.25, 0.3) is 5.56 Å². The van der Waals surface area contributed by atoms with Gasteiger partial charge in [-0.15, -0.1) is 0 Å². The van der Waals surface area contributed by atoms with Crippen molar-refractivity contribution in [2.24, 2.45) is 5.10 Å². The maximum Gasteiger partial charge on any atom is 0.347 e. The molecule has 1 atom stereocenters. The Hall–Kier alpha value is -3.80. The summed E-state index contributed by atoms with van der Waals surface area (Å²) in [5.41, 5.74) is 0.0450. The number of nitrogens with zero attached hydrogens (tertiary/aromatic N) is 4. The Morgan fingerprint density at radius 2 is 2.00 bits per heavy atom. The molecular weight excluding hydrogens is 548 g/mol. The first-order valence-electron chi connectivity index (χ1n) is 11.7. The molecule has 0 aliphatic rings. The van der Waals surface area contributed by atoms with Crippen molar-refractivity contribution in [3.63, 3.8) is 0 Å². The Balaban J connectivity index is 2.11. The molecule has 0 radical (unpaired) electrons. The van der Waals surface area contributed by atoms with E-state index in [9.17, 15) is 19.7 Å². The van der Waals surface area contributed by atoms with Crippen molar-refractivity contribution in [1.82, 2.24) is 9.66 Å². The number of nitro benzene ring substituents is 1. The molecule has 3 aromatic rings. The SMILES string of the molecule is CCCc1nc2ccc(Br)cc2c(=O)n1N=Cc1cc(OCC)c(O[C@@H](C)C(=O)OCC)c([N+](=O)[O-])c1. The Kier molecular flexibility index (Phi) is 9.34. The van der Waals surface area contributed by atoms with Crippen LogP contribution < -0.4 is 15.0 Å². The molecule has 1 aromatic heterocycles. The minimum absolute atomic E-state index is 0.0518. The van der Waals surface area contributed by atoms with Crippen molar-refractivity contribution in [2.45, 2.75) is 46.6 Å². The Bertz CT molecular complexity index is 1400. The number of hydrogen-bond donors (Lipinski definition) is 0. The van der Waals surface area contributed by atoms with Gasteiger partial charge in [-0.1, -0.05) is 22.9 Å². The van der Waals surface area contributed by atoms with Gasteiger partial charge in [0.05, 0.1) is 35.3 Å². The second kappa shape index (κ2) is 12.4. The molecule has 0 spiro atoms. The lowest BCUT2D eigenvalue weighted by Gasteiger charge is -2.17. The van der Waals surface area contributed by atoms with Crippen LogP contribution in [-0.2, 0) is 16.0 Å². The van der Waals surface area contributed by atoms with E-state index in [0.29, 0.717) is 23.1 Å². The van der Waals surface area contributed by atoms with Crippen LogP contribution in [0.15, 0.2) is 44.7 Å². The molecule has 1 heterocycles. The predicted octanol–water partition coefficient (Wildman–Crippen LogP) is 4.63. The second-order valence-electron chi connectivity index (χ2n) is 7.87. The third kappa shape index (κ3) is 6.50. The van der Waals surface area contributed by atoms with Crippen LogP contribution in [0.4, 0.5) is 5.69 Å². The summed E-state index contributed by atoms with van der Waals surface area (Å²) >= 11 is 3.37. The minimum Gasteiger partial charge on any atom is -0.490 e. The fourth-order valence-electron chi connectivity index (χ4n) is 3.51. The van der Waals surface area contributed by atoms with Crippen molar-refractivity contribution in [1.29, 1.82) is 0 Å². The van der Waals surface area contributed by atoms with Gasteiger partial charge < -0.3 is 14.2 Å². The Morgan fingerprint density at radius 3 is 2.65 bits per heavy atom. The van der Waals surface area contributed by atoms with E-state index in [0.717, 1.165) is 10.9 Å². The molecule has 0 bridgehead atoms. The summed E-state index contributed by atoms with van der Waals surface area (Å²) in [4.78, 5) is 41.1. The number of fused-ring (bicyclic) bond motifs is 1. The lowest BCUT2D eigenvalue weighted by Crippen LogP contribution is -2.26. The quantitative estimate of drug-likeness (QED) is 0.140. The summed E-state index contributed by atoms with van der Waals surface area (Å²) in [6.07, 6.45) is 1.45. The normalized spacial score (nSPS) is 12.0. The molecule has 12 heteroatoms. The number of carbonyl (C=O) groups is 1. The number of carbonyl (C=O) groups excluding carboxylic acids is 1. The van der Waals surface area contributed by atoms with E-state index in [2.05, 4.69) is 26.0 Å².